The van der Waals surface area contributed by atoms with E-state index in [1.54, 1.807) is 0 Å². The first-order chi connectivity index (χ1) is 7.10. The van der Waals surface area contributed by atoms with Gasteiger partial charge in [0.2, 0.25) is 0 Å². The van der Waals surface area contributed by atoms with Crippen LogP contribution in [0, 0.1) is 0 Å². The third-order valence-electron chi connectivity index (χ3n) is 2.92. The summed E-state index contributed by atoms with van der Waals surface area (Å²) in [7, 11) is 0. The van der Waals surface area contributed by atoms with Crippen molar-refractivity contribution >= 4 is 11.9 Å². The van der Waals surface area contributed by atoms with Crippen LogP contribution in [0.1, 0.15) is 38.5 Å². The molecule has 0 aromatic heterocycles. The Balaban J connectivity index is 2.87. The van der Waals surface area contributed by atoms with Crippen LogP contribution in [0.4, 0.5) is 4.79 Å². The van der Waals surface area contributed by atoms with Gasteiger partial charge in [-0.2, -0.15) is 0 Å². The largest absolute Gasteiger partial charge is 0.409 e. The van der Waals surface area contributed by atoms with E-state index in [2.05, 4.69) is 10.5 Å². The lowest BCUT2D eigenvalue weighted by Gasteiger charge is -2.31. The second-order valence-corrected chi connectivity index (χ2v) is 3.97. The predicted octanol–water partition coefficient (Wildman–Crippen LogP) is 0.494. The molecule has 1 fully saturated rings. The minimum absolute atomic E-state index is 0.0446. The molecule has 0 aromatic carbocycles. The van der Waals surface area contributed by atoms with Crippen molar-refractivity contribution in [3.05, 3.63) is 0 Å². The molecule has 1 aliphatic carbocycles. The molecule has 1 rings (SSSR count). The molecule has 6 heteroatoms. The van der Waals surface area contributed by atoms with Crippen LogP contribution in [0.5, 0.6) is 0 Å². The van der Waals surface area contributed by atoms with E-state index in [-0.39, 0.29) is 5.84 Å². The Kier molecular flexibility index (Phi) is 3.76. The number of amidine groups is 1. The molecule has 0 radical (unpaired) electrons. The number of rotatable bonds is 2. The van der Waals surface area contributed by atoms with Crippen molar-refractivity contribution in [1.82, 2.24) is 5.32 Å². The van der Waals surface area contributed by atoms with Gasteiger partial charge in [0.15, 0.2) is 5.84 Å². The predicted molar refractivity (Wildman–Crippen MR) is 56.6 cm³/mol. The van der Waals surface area contributed by atoms with E-state index in [0.29, 0.717) is 12.8 Å². The molecular weight excluding hydrogens is 196 g/mol. The monoisotopic (exact) mass is 214 g/mol. The number of nitrogens with zero attached hydrogens (tertiary/aromatic N) is 1. The number of hydrogen-bond acceptors (Lipinski definition) is 3. The smallest absolute Gasteiger partial charge is 0.312 e. The first kappa shape index (κ1) is 11.6. The third-order valence-corrected chi connectivity index (χ3v) is 2.92. The van der Waals surface area contributed by atoms with Crippen LogP contribution in [0.25, 0.3) is 0 Å². The highest BCUT2D eigenvalue weighted by molar-refractivity contribution is 5.93. The van der Waals surface area contributed by atoms with Crippen molar-refractivity contribution in [1.29, 1.82) is 0 Å². The molecule has 0 bridgehead atoms. The average molecular weight is 214 g/mol. The first-order valence-corrected chi connectivity index (χ1v) is 5.16. The number of nitrogens with one attached hydrogen (secondary N) is 1. The summed E-state index contributed by atoms with van der Waals surface area (Å²) in [4.78, 5) is 10.9. The molecule has 0 aromatic rings. The van der Waals surface area contributed by atoms with E-state index in [1.165, 1.54) is 0 Å². The maximum atomic E-state index is 10.9. The number of hydrogen-bond donors (Lipinski definition) is 4. The summed E-state index contributed by atoms with van der Waals surface area (Å²) >= 11 is 0. The zero-order chi connectivity index (χ0) is 11.3. The summed E-state index contributed by atoms with van der Waals surface area (Å²) in [6, 6.07) is -0.636. The summed E-state index contributed by atoms with van der Waals surface area (Å²) in [6.45, 7) is 0. The summed E-state index contributed by atoms with van der Waals surface area (Å²) in [5.41, 5.74) is 9.99. The molecule has 6 N–H and O–H groups in total. The molecule has 6 nitrogen and oxygen atoms in total. The van der Waals surface area contributed by atoms with E-state index in [1.807, 2.05) is 0 Å². The van der Waals surface area contributed by atoms with E-state index in [4.69, 9.17) is 16.7 Å². The molecule has 86 valence electrons. The molecule has 0 heterocycles. The summed E-state index contributed by atoms with van der Waals surface area (Å²) < 4.78 is 0. The molecule has 0 aliphatic heterocycles. The topological polar surface area (TPSA) is 114 Å². The molecule has 0 unspecified atom stereocenters. The van der Waals surface area contributed by atoms with Crippen LogP contribution in [0.15, 0.2) is 5.16 Å². The zero-order valence-electron chi connectivity index (χ0n) is 8.70. The summed E-state index contributed by atoms with van der Waals surface area (Å²) in [5.74, 6) is 0.0446. The van der Waals surface area contributed by atoms with Crippen LogP contribution in [-0.2, 0) is 0 Å². The van der Waals surface area contributed by atoms with Gasteiger partial charge in [-0.25, -0.2) is 4.79 Å². The van der Waals surface area contributed by atoms with Crippen LogP contribution in [0.3, 0.4) is 0 Å². The Hall–Kier alpha value is -1.46. The van der Waals surface area contributed by atoms with Gasteiger partial charge in [-0.1, -0.05) is 30.8 Å². The first-order valence-electron chi connectivity index (χ1n) is 5.16. The van der Waals surface area contributed by atoms with E-state index >= 15 is 0 Å². The fraction of sp³-hybridized carbons (Fsp3) is 0.778. The molecular formula is C9H18N4O2. The van der Waals surface area contributed by atoms with Crippen molar-refractivity contribution in [3.63, 3.8) is 0 Å². The van der Waals surface area contributed by atoms with Crippen molar-refractivity contribution in [2.24, 2.45) is 16.6 Å². The van der Waals surface area contributed by atoms with Crippen LogP contribution < -0.4 is 16.8 Å². The highest BCUT2D eigenvalue weighted by atomic mass is 16.4. The third kappa shape index (κ3) is 2.74. The van der Waals surface area contributed by atoms with Gasteiger partial charge in [-0.15, -0.1) is 0 Å². The fourth-order valence-corrected chi connectivity index (χ4v) is 2.11. The highest BCUT2D eigenvalue weighted by Crippen LogP contribution is 2.27. The van der Waals surface area contributed by atoms with Crippen molar-refractivity contribution in [2.45, 2.75) is 44.1 Å². The van der Waals surface area contributed by atoms with Gasteiger partial charge in [0.05, 0.1) is 0 Å². The zero-order valence-corrected chi connectivity index (χ0v) is 8.70. The van der Waals surface area contributed by atoms with E-state index in [9.17, 15) is 4.79 Å². The Morgan fingerprint density at radius 1 is 1.20 bits per heavy atom. The van der Waals surface area contributed by atoms with Gasteiger partial charge in [-0.3, -0.25) is 0 Å². The molecule has 0 saturated heterocycles. The number of carbonyl (C=O) groups is 1. The van der Waals surface area contributed by atoms with Crippen molar-refractivity contribution in [2.75, 3.05) is 0 Å². The molecule has 0 atom stereocenters. The minimum Gasteiger partial charge on any atom is -0.409 e. The molecule has 0 spiro atoms. The minimum atomic E-state index is -0.753. The van der Waals surface area contributed by atoms with Gasteiger partial charge in [-0.05, 0) is 12.8 Å². The molecule has 15 heavy (non-hydrogen) atoms. The lowest BCUT2D eigenvalue weighted by Crippen LogP contribution is -2.58. The standard InChI is InChI=1S/C9H18N4O2/c10-7(13-15)9(12-8(11)14)5-3-1-2-4-6-9/h15H,1-6H2,(H2,10,13)(H3,11,12,14). The van der Waals surface area contributed by atoms with Gasteiger partial charge in [0.1, 0.15) is 5.54 Å². The Bertz CT molecular complexity index is 257. The van der Waals surface area contributed by atoms with E-state index in [0.717, 1.165) is 25.7 Å². The Morgan fingerprint density at radius 2 is 1.73 bits per heavy atom. The number of primary amides is 1. The number of nitrogens with two attached hydrogens (primary N) is 2. The number of oxime groups is 1. The van der Waals surface area contributed by atoms with E-state index < -0.39 is 11.6 Å². The van der Waals surface area contributed by atoms with Crippen molar-refractivity contribution in [3.8, 4) is 0 Å². The number of carbonyl (C=O) groups excluding carboxylic acids is 1. The van der Waals surface area contributed by atoms with Crippen LogP contribution in [-0.4, -0.2) is 22.6 Å². The van der Waals surface area contributed by atoms with Crippen molar-refractivity contribution < 1.29 is 10.0 Å². The Labute approximate surface area is 88.7 Å². The number of amides is 2. The molecule has 1 aliphatic rings. The van der Waals surface area contributed by atoms with Gasteiger partial charge >= 0.3 is 6.03 Å². The fourth-order valence-electron chi connectivity index (χ4n) is 2.11. The van der Waals surface area contributed by atoms with Gasteiger partial charge < -0.3 is 22.0 Å². The van der Waals surface area contributed by atoms with Crippen LogP contribution >= 0.6 is 0 Å². The lowest BCUT2D eigenvalue weighted by atomic mass is 9.89. The Morgan fingerprint density at radius 3 is 2.13 bits per heavy atom. The average Bonchev–Trinajstić information content (AvgIpc) is 2.42. The SMILES string of the molecule is NC(=O)NC1(/C(N)=N/O)CCCCCC1. The maximum Gasteiger partial charge on any atom is 0.312 e. The second-order valence-electron chi connectivity index (χ2n) is 3.97. The normalized spacial score (nSPS) is 21.7. The summed E-state index contributed by atoms with van der Waals surface area (Å²) in [6.07, 6.45) is 5.42. The van der Waals surface area contributed by atoms with Crippen LogP contribution in [0.2, 0.25) is 0 Å². The molecule has 2 amide bonds. The quantitative estimate of drug-likeness (QED) is 0.176. The van der Waals surface area contributed by atoms with Gasteiger partial charge in [0, 0.05) is 0 Å². The second kappa shape index (κ2) is 4.86. The molecule has 1 saturated carbocycles. The maximum absolute atomic E-state index is 10.9. The summed E-state index contributed by atoms with van der Waals surface area (Å²) in [5, 5.41) is 14.3. The highest BCUT2D eigenvalue weighted by Gasteiger charge is 2.36. The lowest BCUT2D eigenvalue weighted by molar-refractivity contribution is 0.237. The number of urea groups is 1. The van der Waals surface area contributed by atoms with Gasteiger partial charge in [0.25, 0.3) is 0 Å².